The smallest absolute Gasteiger partial charge is 0.275 e. The molecule has 0 fully saturated rings. The van der Waals surface area contributed by atoms with Gasteiger partial charge in [0.05, 0.1) is 22.8 Å². The summed E-state index contributed by atoms with van der Waals surface area (Å²) in [7, 11) is 1.52. The average Bonchev–Trinajstić information content (AvgIpc) is 2.43. The third kappa shape index (κ3) is 3.33. The lowest BCUT2D eigenvalue weighted by Gasteiger charge is -2.09. The number of aromatic nitrogens is 1. The largest absolute Gasteiger partial charge is 0.497 e. The van der Waals surface area contributed by atoms with Gasteiger partial charge in [0.1, 0.15) is 16.6 Å². The van der Waals surface area contributed by atoms with Crippen LogP contribution in [0.3, 0.4) is 0 Å². The highest BCUT2D eigenvalue weighted by molar-refractivity contribution is 6.36. The van der Waals surface area contributed by atoms with Gasteiger partial charge in [-0.3, -0.25) is 4.79 Å². The molecule has 1 N–H and O–H groups in total. The lowest BCUT2D eigenvalue weighted by Crippen LogP contribution is -2.14. The first-order chi connectivity index (χ1) is 9.51. The third-order valence-electron chi connectivity index (χ3n) is 2.45. The molecule has 104 valence electrons. The van der Waals surface area contributed by atoms with E-state index in [4.69, 9.17) is 39.5 Å². The van der Waals surface area contributed by atoms with Gasteiger partial charge in [-0.25, -0.2) is 4.98 Å². The number of halogens is 3. The molecule has 2 aromatic rings. The Morgan fingerprint density at radius 1 is 1.15 bits per heavy atom. The quantitative estimate of drug-likeness (QED) is 0.853. The molecule has 1 amide bonds. The molecule has 0 spiro atoms. The molecule has 7 heteroatoms. The molecule has 4 nitrogen and oxygen atoms in total. The van der Waals surface area contributed by atoms with Crippen LogP contribution in [-0.2, 0) is 0 Å². The van der Waals surface area contributed by atoms with Crippen LogP contribution in [0.1, 0.15) is 10.5 Å². The Kier molecular flexibility index (Phi) is 4.70. The van der Waals surface area contributed by atoms with Crippen LogP contribution in [0.4, 0.5) is 5.69 Å². The van der Waals surface area contributed by atoms with Crippen LogP contribution in [0.5, 0.6) is 5.75 Å². The van der Waals surface area contributed by atoms with E-state index >= 15 is 0 Å². The maximum atomic E-state index is 12.1. The summed E-state index contributed by atoms with van der Waals surface area (Å²) in [6.07, 6.45) is 0. The number of methoxy groups -OCH3 is 1. The normalized spacial score (nSPS) is 10.2. The van der Waals surface area contributed by atoms with Gasteiger partial charge in [-0.05, 0) is 24.3 Å². The molecular weight excluding hydrogens is 323 g/mol. The molecule has 1 aromatic heterocycles. The predicted octanol–water partition coefficient (Wildman–Crippen LogP) is 4.30. The molecule has 0 aliphatic carbocycles. The van der Waals surface area contributed by atoms with Gasteiger partial charge in [-0.15, -0.1) is 0 Å². The number of anilines is 1. The highest BCUT2D eigenvalue weighted by atomic mass is 35.5. The highest BCUT2D eigenvalue weighted by Crippen LogP contribution is 2.27. The van der Waals surface area contributed by atoms with E-state index in [0.29, 0.717) is 16.5 Å². The summed E-state index contributed by atoms with van der Waals surface area (Å²) in [5, 5.41) is 3.36. The fourth-order valence-corrected chi connectivity index (χ4v) is 1.99. The van der Waals surface area contributed by atoms with E-state index in [1.54, 1.807) is 18.2 Å². The molecular formula is C13H9Cl3N2O2. The van der Waals surface area contributed by atoms with Crippen molar-refractivity contribution in [1.29, 1.82) is 0 Å². The second-order valence-corrected chi connectivity index (χ2v) is 4.97. The maximum absolute atomic E-state index is 12.1. The lowest BCUT2D eigenvalue weighted by atomic mass is 10.2. The number of hydrogen-bond donors (Lipinski definition) is 1. The van der Waals surface area contributed by atoms with Gasteiger partial charge in [-0.1, -0.05) is 34.8 Å². The Balaban J connectivity index is 2.30. The molecule has 0 aliphatic heterocycles. The van der Waals surface area contributed by atoms with Crippen LogP contribution >= 0.6 is 34.8 Å². The third-order valence-corrected chi connectivity index (χ3v) is 3.29. The van der Waals surface area contributed by atoms with Gasteiger partial charge in [0.25, 0.3) is 5.91 Å². The zero-order chi connectivity index (χ0) is 14.7. The molecule has 0 saturated heterocycles. The minimum Gasteiger partial charge on any atom is -0.497 e. The summed E-state index contributed by atoms with van der Waals surface area (Å²) in [4.78, 5) is 16.0. The number of ether oxygens (including phenoxy) is 1. The van der Waals surface area contributed by atoms with Crippen LogP contribution in [0.2, 0.25) is 15.2 Å². The van der Waals surface area contributed by atoms with Gasteiger partial charge in [0.15, 0.2) is 0 Å². The minimum absolute atomic E-state index is 0.0260. The standard InChI is InChI=1S/C13H9Cl3N2O2/c1-20-7-2-3-8(14)10(6-7)17-13(19)12-9(15)4-5-11(16)18-12/h2-6H,1H3,(H,17,19). The van der Waals surface area contributed by atoms with Crippen LogP contribution in [0.15, 0.2) is 30.3 Å². The monoisotopic (exact) mass is 330 g/mol. The summed E-state index contributed by atoms with van der Waals surface area (Å²) < 4.78 is 5.07. The molecule has 0 aliphatic rings. The van der Waals surface area contributed by atoms with E-state index in [1.165, 1.54) is 19.2 Å². The van der Waals surface area contributed by atoms with Crippen LogP contribution in [0.25, 0.3) is 0 Å². The SMILES string of the molecule is COc1ccc(Cl)c(NC(=O)c2nc(Cl)ccc2Cl)c1. The Hall–Kier alpha value is -1.49. The van der Waals surface area contributed by atoms with Gasteiger partial charge in [-0.2, -0.15) is 0 Å². The Morgan fingerprint density at radius 3 is 2.55 bits per heavy atom. The fraction of sp³-hybridized carbons (Fsp3) is 0.0769. The molecule has 2 rings (SSSR count). The average molecular weight is 332 g/mol. The van der Waals surface area contributed by atoms with Gasteiger partial charge in [0.2, 0.25) is 0 Å². The molecule has 20 heavy (non-hydrogen) atoms. The number of benzene rings is 1. The number of amides is 1. The molecule has 0 atom stereocenters. The summed E-state index contributed by atoms with van der Waals surface area (Å²) >= 11 is 17.7. The van der Waals surface area contributed by atoms with Crippen molar-refractivity contribution < 1.29 is 9.53 Å². The number of hydrogen-bond acceptors (Lipinski definition) is 3. The second-order valence-electron chi connectivity index (χ2n) is 3.76. The first kappa shape index (κ1) is 14.9. The van der Waals surface area contributed by atoms with Crippen LogP contribution in [-0.4, -0.2) is 18.0 Å². The van der Waals surface area contributed by atoms with Crippen molar-refractivity contribution in [2.75, 3.05) is 12.4 Å². The summed E-state index contributed by atoms with van der Waals surface area (Å²) in [5.41, 5.74) is 0.423. The van der Waals surface area contributed by atoms with Gasteiger partial charge in [0, 0.05) is 6.07 Å². The van der Waals surface area contributed by atoms with Crippen LogP contribution < -0.4 is 10.1 Å². The number of nitrogens with one attached hydrogen (secondary N) is 1. The molecule has 0 radical (unpaired) electrons. The van der Waals surface area contributed by atoms with Gasteiger partial charge < -0.3 is 10.1 Å². The molecule has 0 saturated carbocycles. The molecule has 0 bridgehead atoms. The number of rotatable bonds is 3. The predicted molar refractivity (Wildman–Crippen MR) is 80.2 cm³/mol. The fourth-order valence-electron chi connectivity index (χ4n) is 1.49. The number of carbonyl (C=O) groups is 1. The van der Waals surface area contributed by atoms with Crippen molar-refractivity contribution in [2.45, 2.75) is 0 Å². The van der Waals surface area contributed by atoms with E-state index in [2.05, 4.69) is 10.3 Å². The zero-order valence-corrected chi connectivity index (χ0v) is 12.6. The first-order valence-electron chi connectivity index (χ1n) is 5.48. The van der Waals surface area contributed by atoms with Crippen molar-refractivity contribution in [2.24, 2.45) is 0 Å². The number of nitrogens with zero attached hydrogens (tertiary/aromatic N) is 1. The van der Waals surface area contributed by atoms with Crippen molar-refractivity contribution >= 4 is 46.4 Å². The summed E-state index contributed by atoms with van der Waals surface area (Å²) in [6.45, 7) is 0. The number of pyridine rings is 1. The van der Waals surface area contributed by atoms with Crippen molar-refractivity contribution in [3.8, 4) is 5.75 Å². The van der Waals surface area contributed by atoms with Crippen molar-refractivity contribution in [3.05, 3.63) is 51.2 Å². The first-order valence-corrected chi connectivity index (χ1v) is 6.61. The minimum atomic E-state index is -0.507. The molecule has 1 aromatic carbocycles. The van der Waals surface area contributed by atoms with E-state index in [9.17, 15) is 4.79 Å². The Labute approximate surface area is 130 Å². The van der Waals surface area contributed by atoms with E-state index in [1.807, 2.05) is 0 Å². The topological polar surface area (TPSA) is 51.2 Å². The van der Waals surface area contributed by atoms with E-state index in [-0.39, 0.29) is 15.9 Å². The highest BCUT2D eigenvalue weighted by Gasteiger charge is 2.15. The van der Waals surface area contributed by atoms with E-state index in [0.717, 1.165) is 0 Å². The number of carbonyl (C=O) groups excluding carboxylic acids is 1. The van der Waals surface area contributed by atoms with E-state index < -0.39 is 5.91 Å². The summed E-state index contributed by atoms with van der Waals surface area (Å²) in [5.74, 6) is 0.0579. The van der Waals surface area contributed by atoms with Crippen molar-refractivity contribution in [1.82, 2.24) is 4.98 Å². The molecule has 1 heterocycles. The van der Waals surface area contributed by atoms with Crippen LogP contribution in [0, 0.1) is 0 Å². The van der Waals surface area contributed by atoms with Crippen molar-refractivity contribution in [3.63, 3.8) is 0 Å². The Morgan fingerprint density at radius 2 is 1.85 bits per heavy atom. The maximum Gasteiger partial charge on any atom is 0.275 e. The van der Waals surface area contributed by atoms with Gasteiger partial charge >= 0.3 is 0 Å². The Bertz CT molecular complexity index is 662. The second kappa shape index (κ2) is 6.31. The molecule has 0 unspecified atom stereocenters. The lowest BCUT2D eigenvalue weighted by molar-refractivity contribution is 0.102. The summed E-state index contributed by atoms with van der Waals surface area (Å²) in [6, 6.07) is 7.89. The zero-order valence-electron chi connectivity index (χ0n) is 10.3.